The molecule has 0 aliphatic rings. The molecule has 0 saturated heterocycles. The Balaban J connectivity index is 2.45. The second-order valence-corrected chi connectivity index (χ2v) is 7.45. The average molecular weight is 378 g/mol. The van der Waals surface area contributed by atoms with Crippen LogP contribution in [0.2, 0.25) is 5.02 Å². The van der Waals surface area contributed by atoms with E-state index in [0.717, 1.165) is 11.1 Å². The van der Waals surface area contributed by atoms with Crippen LogP contribution in [-0.4, -0.2) is 14.3 Å². The van der Waals surface area contributed by atoms with Gasteiger partial charge in [0.15, 0.2) is 0 Å². The smallest absolute Gasteiger partial charge is 0.265 e. The number of nitrogens with zero attached hydrogens (tertiary/aromatic N) is 1. The van der Waals surface area contributed by atoms with E-state index in [-0.39, 0.29) is 15.6 Å². The number of hydrogen-bond donors (Lipinski definition) is 2. The van der Waals surface area contributed by atoms with Crippen molar-refractivity contribution in [2.24, 2.45) is 0 Å². The molecule has 2 aromatic rings. The van der Waals surface area contributed by atoms with Crippen molar-refractivity contribution in [3.63, 3.8) is 0 Å². The summed E-state index contributed by atoms with van der Waals surface area (Å²) in [4.78, 5) is 11.4. The summed E-state index contributed by atoms with van der Waals surface area (Å²) in [7, 11) is -4.05. The van der Waals surface area contributed by atoms with Crippen LogP contribution in [0.25, 0.3) is 0 Å². The van der Waals surface area contributed by atoms with E-state index in [1.54, 1.807) is 25.1 Å². The second kappa shape index (κ2) is 7.55. The van der Waals surface area contributed by atoms with Crippen LogP contribution < -0.4 is 10.0 Å². The number of nitrogens with one attached hydrogen (secondary N) is 2. The highest BCUT2D eigenvalue weighted by molar-refractivity contribution is 7.93. The monoisotopic (exact) mass is 377 g/mol. The van der Waals surface area contributed by atoms with Gasteiger partial charge in [0.1, 0.15) is 11.3 Å². The SMILES string of the molecule is Cc1ccc(NS(=O)(=O)c2c(Cl)cccc2NC(=O)CC#N)c(C)c1. The molecule has 0 fully saturated rings. The highest BCUT2D eigenvalue weighted by atomic mass is 35.5. The minimum absolute atomic E-state index is 0.0185. The van der Waals surface area contributed by atoms with Crippen LogP contribution in [0.3, 0.4) is 0 Å². The number of nitriles is 1. The summed E-state index contributed by atoms with van der Waals surface area (Å²) in [5.74, 6) is -0.618. The van der Waals surface area contributed by atoms with E-state index in [1.807, 2.05) is 13.0 Å². The third kappa shape index (κ3) is 4.50. The molecule has 0 bridgehead atoms. The van der Waals surface area contributed by atoms with Gasteiger partial charge in [-0.05, 0) is 37.6 Å². The van der Waals surface area contributed by atoms with Gasteiger partial charge in [0.05, 0.1) is 22.5 Å². The normalized spacial score (nSPS) is 10.8. The number of hydrogen-bond acceptors (Lipinski definition) is 4. The van der Waals surface area contributed by atoms with Gasteiger partial charge >= 0.3 is 0 Å². The molecule has 0 atom stereocenters. The van der Waals surface area contributed by atoms with Crippen LogP contribution in [0.1, 0.15) is 17.5 Å². The molecule has 0 aliphatic carbocycles. The van der Waals surface area contributed by atoms with E-state index < -0.39 is 22.4 Å². The zero-order valence-corrected chi connectivity index (χ0v) is 15.2. The largest absolute Gasteiger partial charge is 0.324 e. The summed E-state index contributed by atoms with van der Waals surface area (Å²) in [5, 5.41) is 10.9. The van der Waals surface area contributed by atoms with Crippen molar-refractivity contribution < 1.29 is 13.2 Å². The van der Waals surface area contributed by atoms with Crippen molar-refractivity contribution in [1.82, 2.24) is 0 Å². The lowest BCUT2D eigenvalue weighted by atomic mass is 10.1. The molecule has 0 saturated carbocycles. The maximum atomic E-state index is 12.8. The minimum atomic E-state index is -4.05. The number of amides is 1. The molecule has 2 aromatic carbocycles. The van der Waals surface area contributed by atoms with Gasteiger partial charge in [-0.2, -0.15) is 5.26 Å². The maximum absolute atomic E-state index is 12.8. The van der Waals surface area contributed by atoms with Gasteiger partial charge in [-0.25, -0.2) is 8.42 Å². The topological polar surface area (TPSA) is 99.1 Å². The first-order valence-electron chi connectivity index (χ1n) is 7.30. The quantitative estimate of drug-likeness (QED) is 0.831. The van der Waals surface area contributed by atoms with Crippen LogP contribution in [0.5, 0.6) is 0 Å². The number of aryl methyl sites for hydroxylation is 2. The highest BCUT2D eigenvalue weighted by Crippen LogP contribution is 2.31. The third-order valence-electron chi connectivity index (χ3n) is 3.38. The van der Waals surface area contributed by atoms with Crippen LogP contribution in [0.15, 0.2) is 41.3 Å². The molecular weight excluding hydrogens is 362 g/mol. The van der Waals surface area contributed by atoms with Crippen LogP contribution in [0.4, 0.5) is 11.4 Å². The van der Waals surface area contributed by atoms with Crippen molar-refractivity contribution >= 4 is 38.9 Å². The third-order valence-corrected chi connectivity index (χ3v) is 5.27. The molecular formula is C17H16ClN3O3S. The Morgan fingerprint density at radius 2 is 1.92 bits per heavy atom. The molecule has 0 radical (unpaired) electrons. The van der Waals surface area contributed by atoms with Gasteiger partial charge in [0, 0.05) is 0 Å². The van der Waals surface area contributed by atoms with Crippen molar-refractivity contribution in [3.05, 3.63) is 52.5 Å². The molecule has 6 nitrogen and oxygen atoms in total. The van der Waals surface area contributed by atoms with E-state index in [4.69, 9.17) is 16.9 Å². The predicted molar refractivity (Wildman–Crippen MR) is 97.0 cm³/mol. The Morgan fingerprint density at radius 1 is 1.20 bits per heavy atom. The molecule has 0 spiro atoms. The number of halogens is 1. The van der Waals surface area contributed by atoms with Crippen molar-refractivity contribution in [3.8, 4) is 6.07 Å². The number of sulfonamides is 1. The first kappa shape index (κ1) is 18.8. The maximum Gasteiger partial charge on any atom is 0.265 e. The zero-order valence-electron chi connectivity index (χ0n) is 13.6. The first-order valence-corrected chi connectivity index (χ1v) is 9.16. The van der Waals surface area contributed by atoms with Crippen LogP contribution >= 0.6 is 11.6 Å². The van der Waals surface area contributed by atoms with E-state index >= 15 is 0 Å². The molecule has 0 unspecified atom stereocenters. The standard InChI is InChI=1S/C17H16ClN3O3S/c1-11-6-7-14(12(2)10-11)21-25(23,24)17-13(18)4-3-5-15(17)20-16(22)8-9-19/h3-7,10,21H,8H2,1-2H3,(H,20,22). The molecule has 130 valence electrons. The lowest BCUT2D eigenvalue weighted by Crippen LogP contribution is -2.19. The average Bonchev–Trinajstić information content (AvgIpc) is 2.50. The summed E-state index contributed by atoms with van der Waals surface area (Å²) in [6, 6.07) is 11.3. The second-order valence-electron chi connectivity index (χ2n) is 5.42. The van der Waals surface area contributed by atoms with Crippen molar-refractivity contribution in [2.75, 3.05) is 10.0 Å². The fourth-order valence-corrected chi connectivity index (χ4v) is 4.10. The highest BCUT2D eigenvalue weighted by Gasteiger charge is 2.24. The number of rotatable bonds is 5. The summed E-state index contributed by atoms with van der Waals surface area (Å²) < 4.78 is 28.1. The molecule has 8 heteroatoms. The van der Waals surface area contributed by atoms with Crippen LogP contribution in [-0.2, 0) is 14.8 Å². The molecule has 0 aliphatic heterocycles. The lowest BCUT2D eigenvalue weighted by Gasteiger charge is -2.15. The number of carbonyl (C=O) groups excluding carboxylic acids is 1. The fraction of sp³-hybridized carbons (Fsp3) is 0.176. The van der Waals surface area contributed by atoms with E-state index in [0.29, 0.717) is 5.69 Å². The molecule has 2 rings (SSSR count). The van der Waals surface area contributed by atoms with Crippen LogP contribution in [0, 0.1) is 25.2 Å². The molecule has 25 heavy (non-hydrogen) atoms. The lowest BCUT2D eigenvalue weighted by molar-refractivity contribution is -0.115. The zero-order chi connectivity index (χ0) is 18.6. The minimum Gasteiger partial charge on any atom is -0.324 e. The Morgan fingerprint density at radius 3 is 2.56 bits per heavy atom. The number of carbonyl (C=O) groups is 1. The Kier molecular flexibility index (Phi) is 5.67. The van der Waals surface area contributed by atoms with Gasteiger partial charge < -0.3 is 5.32 Å². The van der Waals surface area contributed by atoms with E-state index in [1.165, 1.54) is 18.2 Å². The summed E-state index contributed by atoms with van der Waals surface area (Å²) in [6.07, 6.45) is -0.392. The van der Waals surface area contributed by atoms with E-state index in [2.05, 4.69) is 10.0 Å². The van der Waals surface area contributed by atoms with Gasteiger partial charge in [0.25, 0.3) is 10.0 Å². The van der Waals surface area contributed by atoms with Crippen molar-refractivity contribution in [2.45, 2.75) is 25.2 Å². The molecule has 0 heterocycles. The number of anilines is 2. The fourth-order valence-electron chi connectivity index (χ4n) is 2.27. The predicted octanol–water partition coefficient (Wildman–Crippen LogP) is 3.61. The van der Waals surface area contributed by atoms with Gasteiger partial charge in [0.2, 0.25) is 5.91 Å². The molecule has 0 aromatic heterocycles. The number of benzene rings is 2. The molecule has 1 amide bonds. The summed E-state index contributed by atoms with van der Waals surface area (Å²) in [6.45, 7) is 3.69. The summed E-state index contributed by atoms with van der Waals surface area (Å²) in [5.41, 5.74) is 2.19. The van der Waals surface area contributed by atoms with Gasteiger partial charge in [-0.1, -0.05) is 35.4 Å². The van der Waals surface area contributed by atoms with Gasteiger partial charge in [-0.3, -0.25) is 9.52 Å². The first-order chi connectivity index (χ1) is 11.7. The summed E-state index contributed by atoms with van der Waals surface area (Å²) >= 11 is 6.07. The molecule has 2 N–H and O–H groups in total. The van der Waals surface area contributed by atoms with Crippen molar-refractivity contribution in [1.29, 1.82) is 5.26 Å². The van der Waals surface area contributed by atoms with E-state index in [9.17, 15) is 13.2 Å². The Hall–Kier alpha value is -2.56. The van der Waals surface area contributed by atoms with Gasteiger partial charge in [-0.15, -0.1) is 0 Å². The Bertz CT molecular complexity index is 966. The Labute approximate surface area is 151 Å².